The van der Waals surface area contributed by atoms with Crippen LogP contribution < -0.4 is 0 Å². The van der Waals surface area contributed by atoms with Crippen molar-refractivity contribution in [3.05, 3.63) is 265 Å². The molecule has 0 aliphatic rings. The third-order valence-electron chi connectivity index (χ3n) is 22.4. The van der Waals surface area contributed by atoms with Gasteiger partial charge in [0.05, 0.1) is 0 Å². The fraction of sp³-hybridized carbons (Fsp3) is 0.167. The van der Waals surface area contributed by atoms with E-state index in [0.29, 0.717) is 0 Å². The third-order valence-corrected chi connectivity index (χ3v) is 22.4. The Bertz CT molecular complexity index is 6080. The van der Waals surface area contributed by atoms with Crippen LogP contribution in [0.1, 0.15) is 105 Å². The summed E-state index contributed by atoms with van der Waals surface area (Å²) >= 11 is 0. The van der Waals surface area contributed by atoms with Crippen LogP contribution in [0.4, 0.5) is 0 Å². The molecule has 0 N–H and O–H groups in total. The Hall–Kier alpha value is -10.4. The second-order valence-corrected chi connectivity index (χ2v) is 32.3. The highest BCUT2D eigenvalue weighted by Crippen LogP contribution is 2.58. The van der Waals surface area contributed by atoms with Crippen LogP contribution in [0.3, 0.4) is 0 Å². The summed E-state index contributed by atoms with van der Waals surface area (Å²) in [6, 6.07) is 95.1. The van der Waals surface area contributed by atoms with Crippen LogP contribution in [0.5, 0.6) is 0 Å². The van der Waals surface area contributed by atoms with Gasteiger partial charge in [-0.25, -0.2) is 0 Å². The monoisotopic (exact) mass is 1230 g/mol. The summed E-state index contributed by atoms with van der Waals surface area (Å²) in [7, 11) is 0. The third kappa shape index (κ3) is 8.15. The van der Waals surface area contributed by atoms with Crippen LogP contribution in [0.25, 0.3) is 196 Å². The fourth-order valence-electron chi connectivity index (χ4n) is 17.4. The number of fused-ring (bicyclic) bond motifs is 11. The van der Waals surface area contributed by atoms with Crippen molar-refractivity contribution >= 4 is 140 Å². The quantitative estimate of drug-likeness (QED) is 0.119. The average Bonchev–Trinajstić information content (AvgIpc) is 1.48. The van der Waals surface area contributed by atoms with Gasteiger partial charge in [-0.1, -0.05) is 295 Å². The molecule has 0 saturated heterocycles. The summed E-state index contributed by atoms with van der Waals surface area (Å²) in [6.45, 7) is 28.7. The van der Waals surface area contributed by atoms with E-state index in [4.69, 9.17) is 0 Å². The second-order valence-electron chi connectivity index (χ2n) is 32.3. The van der Waals surface area contributed by atoms with E-state index in [2.05, 4.69) is 326 Å². The van der Waals surface area contributed by atoms with Crippen LogP contribution in [0.2, 0.25) is 0 Å². The zero-order valence-electron chi connectivity index (χ0n) is 57.1. The summed E-state index contributed by atoms with van der Waals surface area (Å²) < 4.78 is 0. The van der Waals surface area contributed by atoms with Crippen molar-refractivity contribution in [3.8, 4) is 55.6 Å². The van der Waals surface area contributed by atoms with Gasteiger partial charge >= 0.3 is 0 Å². The van der Waals surface area contributed by atoms with Crippen LogP contribution in [0, 0.1) is 0 Å². The summed E-state index contributed by atoms with van der Waals surface area (Å²) in [4.78, 5) is 0. The zero-order chi connectivity index (χ0) is 65.4. The zero-order valence-corrected chi connectivity index (χ0v) is 57.1. The first-order valence-electron chi connectivity index (χ1n) is 34.7. The van der Waals surface area contributed by atoms with Gasteiger partial charge in [0.15, 0.2) is 0 Å². The maximum absolute atomic E-state index is 2.66. The van der Waals surface area contributed by atoms with E-state index < -0.39 is 0 Å². The van der Waals surface area contributed by atoms with E-state index in [1.165, 1.54) is 218 Å². The molecule has 19 aromatic carbocycles. The lowest BCUT2D eigenvalue weighted by molar-refractivity contribution is 0.568. The Morgan fingerprint density at radius 3 is 0.885 bits per heavy atom. The Morgan fingerprint density at radius 2 is 0.479 bits per heavy atom. The molecule has 0 atom stereocenters. The topological polar surface area (TPSA) is 0 Å². The van der Waals surface area contributed by atoms with Gasteiger partial charge in [0, 0.05) is 0 Å². The average molecular weight is 1230 g/mol. The maximum Gasteiger partial charge on any atom is -0.000740 e. The minimum absolute atomic E-state index is 0.104. The Labute approximate surface area is 561 Å². The van der Waals surface area contributed by atoms with Crippen molar-refractivity contribution < 1.29 is 0 Å². The molecule has 0 aliphatic carbocycles. The van der Waals surface area contributed by atoms with E-state index >= 15 is 0 Å². The molecule has 0 nitrogen and oxygen atoms in total. The smallest absolute Gasteiger partial charge is 0.000740 e. The van der Waals surface area contributed by atoms with Gasteiger partial charge in [0.1, 0.15) is 0 Å². The van der Waals surface area contributed by atoms with Gasteiger partial charge in [-0.2, -0.15) is 0 Å². The van der Waals surface area contributed by atoms with Crippen LogP contribution >= 0.6 is 0 Å². The van der Waals surface area contributed by atoms with Crippen LogP contribution in [0.15, 0.2) is 243 Å². The van der Waals surface area contributed by atoms with E-state index in [9.17, 15) is 0 Å². The van der Waals surface area contributed by atoms with Crippen molar-refractivity contribution in [3.63, 3.8) is 0 Å². The van der Waals surface area contributed by atoms with Crippen LogP contribution in [-0.2, 0) is 21.7 Å². The summed E-state index contributed by atoms with van der Waals surface area (Å²) in [5, 5.41) is 34.4. The highest BCUT2D eigenvalue weighted by Gasteiger charge is 2.32. The predicted octanol–water partition coefficient (Wildman–Crippen LogP) is 28.0. The molecule has 19 aromatic rings. The molecule has 0 heterocycles. The number of hydrogen-bond donors (Lipinski definition) is 0. The van der Waals surface area contributed by atoms with E-state index in [1.54, 1.807) is 0 Å². The van der Waals surface area contributed by atoms with Gasteiger partial charge in [0.25, 0.3) is 0 Å². The second kappa shape index (κ2) is 19.6. The molecule has 460 valence electrons. The number of benzene rings is 17. The van der Waals surface area contributed by atoms with E-state index in [1.807, 2.05) is 0 Å². The van der Waals surface area contributed by atoms with Gasteiger partial charge in [0.2, 0.25) is 0 Å². The molecule has 0 bridgehead atoms. The highest BCUT2D eigenvalue weighted by molar-refractivity contribution is 6.48. The number of rotatable bonds is 5. The molecule has 0 heteroatoms. The van der Waals surface area contributed by atoms with Crippen molar-refractivity contribution in [2.75, 3.05) is 0 Å². The normalized spacial score (nSPS) is 13.2. The lowest BCUT2D eigenvalue weighted by Gasteiger charge is -2.28. The Balaban J connectivity index is 0.964. The van der Waals surface area contributed by atoms with E-state index in [0.717, 1.165) is 0 Å². The first-order valence-corrected chi connectivity index (χ1v) is 34.7. The summed E-state index contributed by atoms with van der Waals surface area (Å²) in [5.41, 5.74) is 17.5. The molecule has 0 amide bonds. The van der Waals surface area contributed by atoms with Crippen molar-refractivity contribution in [1.82, 2.24) is 0 Å². The molecular formula is C96H76. The molecule has 0 aliphatic heterocycles. The molecule has 0 aromatic heterocycles. The van der Waals surface area contributed by atoms with E-state index in [-0.39, 0.29) is 21.7 Å². The maximum atomic E-state index is 2.66. The highest BCUT2D eigenvalue weighted by atomic mass is 14.3. The van der Waals surface area contributed by atoms with Gasteiger partial charge in [-0.3, -0.25) is 0 Å². The van der Waals surface area contributed by atoms with Crippen molar-refractivity contribution in [2.45, 2.75) is 105 Å². The van der Waals surface area contributed by atoms with Gasteiger partial charge in [-0.05, 0) is 270 Å². The largest absolute Gasteiger partial charge is 0.0622 e. The first kappa shape index (κ1) is 57.1. The molecule has 96 heavy (non-hydrogen) atoms. The molecule has 19 rings (SSSR count). The van der Waals surface area contributed by atoms with Crippen molar-refractivity contribution in [1.29, 1.82) is 0 Å². The molecular weight excluding hydrogens is 1150 g/mol. The minimum atomic E-state index is -0.104. The Morgan fingerprint density at radius 1 is 0.167 bits per heavy atom. The summed E-state index contributed by atoms with van der Waals surface area (Å²) in [5.74, 6) is 0. The Kier molecular flexibility index (Phi) is 11.7. The molecule has 0 unspecified atom stereocenters. The molecule has 0 radical (unpaired) electrons. The molecule has 0 saturated carbocycles. The number of hydrogen-bond acceptors (Lipinski definition) is 0. The van der Waals surface area contributed by atoms with Crippen LogP contribution in [-0.4, -0.2) is 0 Å². The minimum Gasteiger partial charge on any atom is -0.0622 e. The lowest BCUT2D eigenvalue weighted by atomic mass is 9.76. The SMILES string of the molecule is CC(C)(C)c1cc(-c2c3cc4c(cc3c(-c3cc(C(C)(C)C)cc(C(C)(C)C)c3)c3c5ccc6c7cccc8cccc(c9ccc(c23)c5c96)c87)c2ccc3c5ccc(-c6cc(-c7ccccc7)cc(-c7ccccc7)c6)c6cccc(c7ccc4c2c73)c65)cc(C(C)(C)C)c1. The summed E-state index contributed by atoms with van der Waals surface area (Å²) in [6.07, 6.45) is 0. The standard InChI is InChI=1S/C96H76/c1-93(2,3)61-45-59(46-62(49-61)94(4,5)6)84-81-51-79-75-36-34-73-69-31-21-30-66-65(58-43-56(53-22-15-13-16-23-53)42-57(44-58)54-24-17-14-18-25-54)32-33-70(86(66)69)74-35-37-76(89(75)87(73)74)80(79)52-82(81)85(60-47-63(95(7,8)9)50-64(48-60)96(10,11)12)92-78-41-39-72-68-29-20-27-55-26-19-28-67(83(55)68)71-38-40-77(91(84)92)90(78)88(71)72/h13-52H,1-12H3. The predicted molar refractivity (Wildman–Crippen MR) is 421 cm³/mol. The van der Waals surface area contributed by atoms with Crippen molar-refractivity contribution in [2.24, 2.45) is 0 Å². The van der Waals surface area contributed by atoms with Gasteiger partial charge < -0.3 is 0 Å². The molecule has 0 spiro atoms. The first-order chi connectivity index (χ1) is 46.1. The molecule has 0 fully saturated rings. The van der Waals surface area contributed by atoms with Gasteiger partial charge in [-0.15, -0.1) is 0 Å². The lowest BCUT2D eigenvalue weighted by Crippen LogP contribution is -2.16. The fourth-order valence-corrected chi connectivity index (χ4v) is 17.4.